The number of para-hydroxylation sites is 2. The highest BCUT2D eigenvalue weighted by molar-refractivity contribution is 5.99. The molecule has 0 atom stereocenters. The van der Waals surface area contributed by atoms with Crippen molar-refractivity contribution in [3.8, 4) is 17.2 Å². The van der Waals surface area contributed by atoms with Gasteiger partial charge in [-0.05, 0) is 44.2 Å². The number of benzene rings is 2. The molecule has 104 valence electrons. The van der Waals surface area contributed by atoms with Gasteiger partial charge in [-0.1, -0.05) is 12.1 Å². The first-order chi connectivity index (χ1) is 9.61. The maximum Gasteiger partial charge on any atom is 0.169 e. The quantitative estimate of drug-likeness (QED) is 0.666. The van der Waals surface area contributed by atoms with Gasteiger partial charge in [0.15, 0.2) is 17.3 Å². The van der Waals surface area contributed by atoms with E-state index in [0.717, 1.165) is 0 Å². The third-order valence-corrected chi connectivity index (χ3v) is 2.78. The van der Waals surface area contributed by atoms with Crippen LogP contribution in [0.5, 0.6) is 17.2 Å². The molecular formula is C16H17NO3. The van der Waals surface area contributed by atoms with Gasteiger partial charge >= 0.3 is 0 Å². The summed E-state index contributed by atoms with van der Waals surface area (Å²) < 4.78 is 11.3. The monoisotopic (exact) mass is 271 g/mol. The zero-order valence-electron chi connectivity index (χ0n) is 11.6. The van der Waals surface area contributed by atoms with E-state index in [9.17, 15) is 4.79 Å². The van der Waals surface area contributed by atoms with Crippen LogP contribution in [-0.2, 0) is 0 Å². The van der Waals surface area contributed by atoms with Crippen molar-refractivity contribution in [2.75, 3.05) is 12.3 Å². The molecule has 4 nitrogen and oxygen atoms in total. The number of ether oxygens (including phenoxy) is 2. The van der Waals surface area contributed by atoms with Crippen LogP contribution in [0.3, 0.4) is 0 Å². The van der Waals surface area contributed by atoms with E-state index in [1.54, 1.807) is 18.2 Å². The van der Waals surface area contributed by atoms with Crippen molar-refractivity contribution in [2.24, 2.45) is 0 Å². The van der Waals surface area contributed by atoms with Gasteiger partial charge in [0.2, 0.25) is 0 Å². The Bertz CT molecular complexity index is 623. The second kappa shape index (κ2) is 6.10. The number of carbonyl (C=O) groups is 1. The molecule has 0 spiro atoms. The highest BCUT2D eigenvalue weighted by Gasteiger charge is 2.09. The number of hydrogen-bond acceptors (Lipinski definition) is 4. The van der Waals surface area contributed by atoms with Crippen molar-refractivity contribution in [2.45, 2.75) is 13.8 Å². The van der Waals surface area contributed by atoms with Gasteiger partial charge in [0.25, 0.3) is 0 Å². The predicted molar refractivity (Wildman–Crippen MR) is 78.5 cm³/mol. The van der Waals surface area contributed by atoms with Gasteiger partial charge in [0, 0.05) is 11.3 Å². The highest BCUT2D eigenvalue weighted by Crippen LogP contribution is 2.32. The minimum Gasteiger partial charge on any atom is -0.490 e. The van der Waals surface area contributed by atoms with Crippen molar-refractivity contribution in [1.82, 2.24) is 0 Å². The molecule has 2 aromatic rings. The number of nitrogens with two attached hydrogens (primary N) is 1. The minimum atomic E-state index is -0.0916. The van der Waals surface area contributed by atoms with Crippen LogP contribution < -0.4 is 15.2 Å². The maximum atomic E-state index is 11.5. The Balaban J connectivity index is 2.31. The maximum absolute atomic E-state index is 11.5. The number of ketones is 1. The summed E-state index contributed by atoms with van der Waals surface area (Å²) in [4.78, 5) is 11.5. The van der Waals surface area contributed by atoms with Gasteiger partial charge in [-0.25, -0.2) is 0 Å². The molecule has 0 aliphatic carbocycles. The van der Waals surface area contributed by atoms with Crippen molar-refractivity contribution < 1.29 is 14.3 Å². The smallest absolute Gasteiger partial charge is 0.169 e. The zero-order valence-corrected chi connectivity index (χ0v) is 11.6. The van der Waals surface area contributed by atoms with E-state index >= 15 is 0 Å². The van der Waals surface area contributed by atoms with Crippen LogP contribution in [0.1, 0.15) is 24.2 Å². The molecule has 2 N–H and O–H groups in total. The lowest BCUT2D eigenvalue weighted by molar-refractivity contribution is 0.101. The summed E-state index contributed by atoms with van der Waals surface area (Å²) in [6, 6.07) is 12.4. The second-order valence-electron chi connectivity index (χ2n) is 4.29. The van der Waals surface area contributed by atoms with Crippen LogP contribution in [0.25, 0.3) is 0 Å². The summed E-state index contributed by atoms with van der Waals surface area (Å²) >= 11 is 0. The van der Waals surface area contributed by atoms with E-state index in [1.807, 2.05) is 31.2 Å². The van der Waals surface area contributed by atoms with E-state index in [0.29, 0.717) is 35.1 Å². The Morgan fingerprint density at radius 1 is 1.15 bits per heavy atom. The molecule has 2 rings (SSSR count). The van der Waals surface area contributed by atoms with Gasteiger partial charge in [-0.2, -0.15) is 0 Å². The average Bonchev–Trinajstić information content (AvgIpc) is 2.43. The molecule has 0 bridgehead atoms. The molecule has 0 unspecified atom stereocenters. The lowest BCUT2D eigenvalue weighted by Crippen LogP contribution is -2.00. The van der Waals surface area contributed by atoms with Crippen LogP contribution in [0.4, 0.5) is 5.69 Å². The van der Waals surface area contributed by atoms with Gasteiger partial charge in [-0.15, -0.1) is 0 Å². The van der Waals surface area contributed by atoms with Gasteiger partial charge in [-0.3, -0.25) is 4.79 Å². The number of nitrogen functional groups attached to an aromatic ring is 1. The number of Topliss-reactive ketones (excluding diaryl/α,β-unsaturated/α-hetero) is 1. The normalized spacial score (nSPS) is 10.1. The molecule has 0 aliphatic heterocycles. The van der Waals surface area contributed by atoms with E-state index in [4.69, 9.17) is 15.2 Å². The fourth-order valence-electron chi connectivity index (χ4n) is 1.84. The van der Waals surface area contributed by atoms with Crippen LogP contribution in [0, 0.1) is 0 Å². The van der Waals surface area contributed by atoms with Crippen molar-refractivity contribution in [3.63, 3.8) is 0 Å². The zero-order chi connectivity index (χ0) is 14.5. The van der Waals surface area contributed by atoms with E-state index in [2.05, 4.69) is 0 Å². The molecule has 0 amide bonds. The Hall–Kier alpha value is -2.49. The Labute approximate surface area is 118 Å². The third kappa shape index (κ3) is 3.09. The minimum absolute atomic E-state index is 0.0916. The summed E-state index contributed by atoms with van der Waals surface area (Å²) in [5, 5.41) is 0. The molecule has 0 aromatic heterocycles. The first kappa shape index (κ1) is 13.9. The lowest BCUT2D eigenvalue weighted by atomic mass is 10.1. The van der Waals surface area contributed by atoms with Gasteiger partial charge in [0.1, 0.15) is 5.75 Å². The summed E-state index contributed by atoms with van der Waals surface area (Å²) in [7, 11) is 0. The fraction of sp³-hybridized carbons (Fsp3) is 0.188. The van der Waals surface area contributed by atoms with Crippen molar-refractivity contribution >= 4 is 11.5 Å². The van der Waals surface area contributed by atoms with E-state index in [-0.39, 0.29) is 5.78 Å². The summed E-state index contributed by atoms with van der Waals surface area (Å²) in [5.41, 5.74) is 6.66. The first-order valence-electron chi connectivity index (χ1n) is 6.42. The molecule has 0 radical (unpaired) electrons. The molecule has 0 aliphatic rings. The topological polar surface area (TPSA) is 61.6 Å². The van der Waals surface area contributed by atoms with E-state index < -0.39 is 0 Å². The van der Waals surface area contributed by atoms with Crippen LogP contribution >= 0.6 is 0 Å². The third-order valence-electron chi connectivity index (χ3n) is 2.78. The standard InChI is InChI=1S/C16H17NO3/c1-3-19-15-6-4-5-7-16(15)20-12-8-9-14(17)13(10-12)11(2)18/h4-10H,3,17H2,1-2H3. The summed E-state index contributed by atoms with van der Waals surface area (Å²) in [5.74, 6) is 1.73. The summed E-state index contributed by atoms with van der Waals surface area (Å²) in [6.45, 7) is 3.94. The molecule has 0 saturated carbocycles. The molecular weight excluding hydrogens is 254 g/mol. The van der Waals surface area contributed by atoms with Crippen LogP contribution in [-0.4, -0.2) is 12.4 Å². The summed E-state index contributed by atoms with van der Waals surface area (Å²) in [6.07, 6.45) is 0. The predicted octanol–water partition coefficient (Wildman–Crippen LogP) is 3.66. The fourth-order valence-corrected chi connectivity index (χ4v) is 1.84. The molecule has 20 heavy (non-hydrogen) atoms. The molecule has 0 fully saturated rings. The molecule has 4 heteroatoms. The first-order valence-corrected chi connectivity index (χ1v) is 6.42. The largest absolute Gasteiger partial charge is 0.490 e. The van der Waals surface area contributed by atoms with E-state index in [1.165, 1.54) is 6.92 Å². The SMILES string of the molecule is CCOc1ccccc1Oc1ccc(N)c(C(C)=O)c1. The molecule has 2 aromatic carbocycles. The van der Waals surface area contributed by atoms with Crippen LogP contribution in [0.2, 0.25) is 0 Å². The van der Waals surface area contributed by atoms with Crippen molar-refractivity contribution in [3.05, 3.63) is 48.0 Å². The number of hydrogen-bond donors (Lipinski definition) is 1. The number of carbonyl (C=O) groups excluding carboxylic acids is 1. The average molecular weight is 271 g/mol. The molecule has 0 saturated heterocycles. The molecule has 0 heterocycles. The second-order valence-corrected chi connectivity index (χ2v) is 4.29. The number of rotatable bonds is 5. The Morgan fingerprint density at radius 3 is 2.50 bits per heavy atom. The Kier molecular flexibility index (Phi) is 4.25. The highest BCUT2D eigenvalue weighted by atomic mass is 16.5. The Morgan fingerprint density at radius 2 is 1.85 bits per heavy atom. The van der Waals surface area contributed by atoms with Gasteiger partial charge in [0.05, 0.1) is 6.61 Å². The van der Waals surface area contributed by atoms with Gasteiger partial charge < -0.3 is 15.2 Å². The van der Waals surface area contributed by atoms with Crippen molar-refractivity contribution in [1.29, 1.82) is 0 Å². The lowest BCUT2D eigenvalue weighted by Gasteiger charge is -2.12. The van der Waals surface area contributed by atoms with Crippen LogP contribution in [0.15, 0.2) is 42.5 Å². The number of anilines is 1.